The Morgan fingerprint density at radius 3 is 2.10 bits per heavy atom. The van der Waals surface area contributed by atoms with Crippen LogP contribution in [0.3, 0.4) is 0 Å². The van der Waals surface area contributed by atoms with Crippen LogP contribution in [0.1, 0.15) is 51.0 Å². The number of carbonyl (C=O) groups excluding carboxylic acids is 2. The van der Waals surface area contributed by atoms with Gasteiger partial charge in [0.05, 0.1) is 17.7 Å². The molecule has 1 fully saturated rings. The van der Waals surface area contributed by atoms with Gasteiger partial charge in [0.1, 0.15) is 18.3 Å². The Hall–Kier alpha value is -3.85. The highest BCUT2D eigenvalue weighted by molar-refractivity contribution is 7.92. The molecule has 0 bridgehead atoms. The number of methoxy groups -OCH3 is 1. The number of benzene rings is 3. The predicted octanol–water partition coefficient (Wildman–Crippen LogP) is 5.15. The maximum Gasteiger partial charge on any atom is 0.264 e. The Morgan fingerprint density at radius 1 is 0.902 bits per heavy atom. The number of carbonyl (C=O) groups is 2. The van der Waals surface area contributed by atoms with Gasteiger partial charge < -0.3 is 15.0 Å². The molecule has 1 atom stereocenters. The van der Waals surface area contributed by atoms with Crippen molar-refractivity contribution >= 4 is 27.5 Å². The van der Waals surface area contributed by atoms with Gasteiger partial charge in [0.2, 0.25) is 11.8 Å². The molecule has 1 saturated carbocycles. The van der Waals surface area contributed by atoms with E-state index in [9.17, 15) is 18.0 Å². The summed E-state index contributed by atoms with van der Waals surface area (Å²) in [6, 6.07) is 23.4. The van der Waals surface area contributed by atoms with Crippen molar-refractivity contribution in [2.45, 2.75) is 69.0 Å². The van der Waals surface area contributed by atoms with Gasteiger partial charge in [-0.25, -0.2) is 8.42 Å². The summed E-state index contributed by atoms with van der Waals surface area (Å²) in [5.74, 6) is -0.103. The van der Waals surface area contributed by atoms with Crippen LogP contribution in [-0.2, 0) is 26.2 Å². The number of amides is 2. The summed E-state index contributed by atoms with van der Waals surface area (Å²) in [4.78, 5) is 29.3. The van der Waals surface area contributed by atoms with Crippen LogP contribution < -0.4 is 14.4 Å². The molecule has 218 valence electrons. The van der Waals surface area contributed by atoms with Crippen molar-refractivity contribution in [3.63, 3.8) is 0 Å². The first-order valence-corrected chi connectivity index (χ1v) is 15.6. The fourth-order valence-corrected chi connectivity index (χ4v) is 6.68. The van der Waals surface area contributed by atoms with Gasteiger partial charge in [0.25, 0.3) is 10.0 Å². The molecule has 1 aliphatic carbocycles. The van der Waals surface area contributed by atoms with E-state index in [-0.39, 0.29) is 23.4 Å². The van der Waals surface area contributed by atoms with E-state index in [1.165, 1.54) is 30.6 Å². The molecule has 0 heterocycles. The second kappa shape index (κ2) is 14.2. The highest BCUT2D eigenvalue weighted by atomic mass is 32.2. The lowest BCUT2D eigenvalue weighted by Crippen LogP contribution is -2.54. The quantitative estimate of drug-likeness (QED) is 0.321. The number of anilines is 1. The van der Waals surface area contributed by atoms with E-state index in [0.717, 1.165) is 35.6 Å². The molecule has 8 nitrogen and oxygen atoms in total. The van der Waals surface area contributed by atoms with Gasteiger partial charge >= 0.3 is 0 Å². The predicted molar refractivity (Wildman–Crippen MR) is 160 cm³/mol. The number of hydrogen-bond acceptors (Lipinski definition) is 5. The van der Waals surface area contributed by atoms with Crippen molar-refractivity contribution in [2.75, 3.05) is 18.0 Å². The molecule has 1 N–H and O–H groups in total. The first kappa shape index (κ1) is 30.1. The molecule has 0 spiro atoms. The average Bonchev–Trinajstić information content (AvgIpc) is 3.01. The van der Waals surface area contributed by atoms with Gasteiger partial charge in [-0.15, -0.1) is 0 Å². The highest BCUT2D eigenvalue weighted by Crippen LogP contribution is 2.27. The van der Waals surface area contributed by atoms with Crippen LogP contribution in [0.15, 0.2) is 89.8 Å². The summed E-state index contributed by atoms with van der Waals surface area (Å²) >= 11 is 0. The molecule has 3 aromatic carbocycles. The lowest BCUT2D eigenvalue weighted by atomic mass is 9.95. The van der Waals surface area contributed by atoms with Gasteiger partial charge in [-0.2, -0.15) is 0 Å². The second-order valence-corrected chi connectivity index (χ2v) is 12.2. The fourth-order valence-electron chi connectivity index (χ4n) is 5.24. The largest absolute Gasteiger partial charge is 0.497 e. The molecule has 3 aromatic rings. The number of hydrogen-bond donors (Lipinski definition) is 1. The fraction of sp³-hybridized carbons (Fsp3) is 0.375. The van der Waals surface area contributed by atoms with Crippen molar-refractivity contribution in [1.82, 2.24) is 10.2 Å². The number of nitrogens with one attached hydrogen (secondary N) is 1. The molecule has 0 aliphatic heterocycles. The number of rotatable bonds is 12. The molecule has 9 heteroatoms. The molecule has 0 radical (unpaired) electrons. The third-order valence-corrected chi connectivity index (χ3v) is 9.29. The van der Waals surface area contributed by atoms with Crippen molar-refractivity contribution in [2.24, 2.45) is 0 Å². The van der Waals surface area contributed by atoms with Gasteiger partial charge in [-0.3, -0.25) is 13.9 Å². The Balaban J connectivity index is 1.68. The topological polar surface area (TPSA) is 96.0 Å². The summed E-state index contributed by atoms with van der Waals surface area (Å²) in [7, 11) is -2.58. The second-order valence-electron chi connectivity index (χ2n) is 10.3. The molecule has 0 aromatic heterocycles. The zero-order valence-corrected chi connectivity index (χ0v) is 24.6. The minimum absolute atomic E-state index is 0.0697. The van der Waals surface area contributed by atoms with Crippen molar-refractivity contribution in [1.29, 1.82) is 0 Å². The Labute approximate surface area is 243 Å². The van der Waals surface area contributed by atoms with Crippen molar-refractivity contribution < 1.29 is 22.7 Å². The third kappa shape index (κ3) is 7.67. The molecule has 41 heavy (non-hydrogen) atoms. The van der Waals surface area contributed by atoms with Crippen LogP contribution in [0.2, 0.25) is 0 Å². The van der Waals surface area contributed by atoms with Crippen molar-refractivity contribution in [3.05, 3.63) is 90.5 Å². The Morgan fingerprint density at radius 2 is 1.51 bits per heavy atom. The SMILES string of the molecule is CCC(C(=O)NC1CCCCC1)N(Cc1ccccc1)C(=O)CN(c1ccc(OC)cc1)S(=O)(=O)c1ccccc1. The maximum absolute atomic E-state index is 14.1. The molecular formula is C32H39N3O5S. The number of sulfonamides is 1. The van der Waals surface area contributed by atoms with Crippen molar-refractivity contribution in [3.8, 4) is 5.75 Å². The smallest absolute Gasteiger partial charge is 0.264 e. The van der Waals surface area contributed by atoms with E-state index in [1.54, 1.807) is 42.5 Å². The summed E-state index contributed by atoms with van der Waals surface area (Å²) in [6.45, 7) is 1.58. The molecule has 1 unspecified atom stereocenters. The summed E-state index contributed by atoms with van der Waals surface area (Å²) in [5, 5.41) is 3.17. The van der Waals surface area contributed by atoms with Crippen LogP contribution >= 0.6 is 0 Å². The zero-order valence-electron chi connectivity index (χ0n) is 23.7. The molecule has 1 aliphatic rings. The molecule has 0 saturated heterocycles. The van der Waals surface area contributed by atoms with E-state index >= 15 is 0 Å². The molecule has 2 amide bonds. The van der Waals surface area contributed by atoms with Gasteiger partial charge in [-0.05, 0) is 61.2 Å². The maximum atomic E-state index is 14.1. The summed E-state index contributed by atoms with van der Waals surface area (Å²) in [5.41, 5.74) is 1.18. The van der Waals surface area contributed by atoms with Crippen LogP contribution in [-0.4, -0.2) is 50.9 Å². The lowest BCUT2D eigenvalue weighted by Gasteiger charge is -2.34. The summed E-state index contributed by atoms with van der Waals surface area (Å²) < 4.78 is 34.1. The Bertz CT molecular complexity index is 1380. The number of ether oxygens (including phenoxy) is 1. The van der Waals surface area contributed by atoms with Gasteiger partial charge in [0, 0.05) is 12.6 Å². The third-order valence-electron chi connectivity index (χ3n) is 7.50. The number of nitrogens with zero attached hydrogens (tertiary/aromatic N) is 2. The highest BCUT2D eigenvalue weighted by Gasteiger charge is 2.34. The summed E-state index contributed by atoms with van der Waals surface area (Å²) in [6.07, 6.45) is 5.56. The van der Waals surface area contributed by atoms with E-state index in [2.05, 4.69) is 5.32 Å². The van der Waals surface area contributed by atoms with E-state index < -0.39 is 28.5 Å². The monoisotopic (exact) mass is 577 g/mol. The van der Waals surface area contributed by atoms with Gasteiger partial charge in [0.15, 0.2) is 0 Å². The van der Waals surface area contributed by atoms with E-state index in [4.69, 9.17) is 4.74 Å². The van der Waals surface area contributed by atoms with Crippen LogP contribution in [0.25, 0.3) is 0 Å². The van der Waals surface area contributed by atoms with Crippen LogP contribution in [0.5, 0.6) is 5.75 Å². The van der Waals surface area contributed by atoms with E-state index in [0.29, 0.717) is 17.9 Å². The average molecular weight is 578 g/mol. The minimum Gasteiger partial charge on any atom is -0.497 e. The van der Waals surface area contributed by atoms with E-state index in [1.807, 2.05) is 37.3 Å². The molecule has 4 rings (SSSR count). The van der Waals surface area contributed by atoms with Crippen LogP contribution in [0.4, 0.5) is 5.69 Å². The zero-order chi connectivity index (χ0) is 29.2. The standard InChI is InChI=1S/C32H39N3O5S/c1-3-30(32(37)33-26-15-9-5-10-16-26)34(23-25-13-7-4-8-14-25)31(36)24-35(27-19-21-28(40-2)22-20-27)41(38,39)29-17-11-6-12-18-29/h4,6-8,11-14,17-22,26,30H,3,5,9-10,15-16,23-24H2,1-2H3,(H,33,37). The van der Waals surface area contributed by atoms with Gasteiger partial charge in [-0.1, -0.05) is 74.7 Å². The minimum atomic E-state index is -4.11. The normalized spacial score (nSPS) is 14.6. The lowest BCUT2D eigenvalue weighted by molar-refractivity contribution is -0.140. The molecular weight excluding hydrogens is 538 g/mol. The Kier molecular flexibility index (Phi) is 10.4. The van der Waals surface area contributed by atoms with Crippen LogP contribution in [0, 0.1) is 0 Å². The first-order valence-electron chi connectivity index (χ1n) is 14.2. The first-order chi connectivity index (χ1) is 19.8.